The van der Waals surface area contributed by atoms with Gasteiger partial charge in [0, 0.05) is 18.8 Å². The third-order valence-electron chi connectivity index (χ3n) is 4.02. The van der Waals surface area contributed by atoms with Crippen LogP contribution in [0, 0.1) is 0 Å². The van der Waals surface area contributed by atoms with Crippen molar-refractivity contribution in [1.29, 1.82) is 0 Å². The van der Waals surface area contributed by atoms with Crippen molar-refractivity contribution in [2.75, 3.05) is 12.4 Å². The van der Waals surface area contributed by atoms with Gasteiger partial charge < -0.3 is 14.8 Å². The Morgan fingerprint density at radius 1 is 1.15 bits per heavy atom. The summed E-state index contributed by atoms with van der Waals surface area (Å²) >= 11 is 0. The predicted molar refractivity (Wildman–Crippen MR) is 95.4 cm³/mol. The van der Waals surface area contributed by atoms with E-state index in [0.29, 0.717) is 11.0 Å². The van der Waals surface area contributed by atoms with E-state index < -0.39 is 12.5 Å². The van der Waals surface area contributed by atoms with Crippen molar-refractivity contribution in [3.8, 4) is 11.5 Å². The second-order valence-corrected chi connectivity index (χ2v) is 5.71. The van der Waals surface area contributed by atoms with Gasteiger partial charge in [0.05, 0.1) is 18.1 Å². The van der Waals surface area contributed by atoms with Gasteiger partial charge in [0.25, 0.3) is 0 Å². The summed E-state index contributed by atoms with van der Waals surface area (Å²) in [5.41, 5.74) is 1.23. The Morgan fingerprint density at radius 3 is 2.52 bits per heavy atom. The van der Waals surface area contributed by atoms with E-state index in [4.69, 9.17) is 4.74 Å². The number of ether oxygens (including phenoxy) is 2. The highest BCUT2D eigenvalue weighted by atomic mass is 19.3. The number of methoxy groups -OCH3 is 1. The van der Waals surface area contributed by atoms with Gasteiger partial charge in [-0.2, -0.15) is 8.78 Å². The molecule has 0 spiro atoms. The van der Waals surface area contributed by atoms with Gasteiger partial charge in [-0.05, 0) is 24.3 Å². The van der Waals surface area contributed by atoms with Crippen LogP contribution in [0.5, 0.6) is 11.5 Å². The third kappa shape index (κ3) is 3.76. The molecule has 0 saturated heterocycles. The fourth-order valence-corrected chi connectivity index (χ4v) is 2.80. The number of amides is 1. The highest BCUT2D eigenvalue weighted by Gasteiger charge is 2.15. The summed E-state index contributed by atoms with van der Waals surface area (Å²) in [5.74, 6) is -0.576. The van der Waals surface area contributed by atoms with Crippen LogP contribution in [0.25, 0.3) is 11.0 Å². The number of alkyl halides is 2. The van der Waals surface area contributed by atoms with Crippen LogP contribution in [-0.2, 0) is 18.4 Å². The lowest BCUT2D eigenvalue weighted by Gasteiger charge is -2.12. The molecule has 27 heavy (non-hydrogen) atoms. The van der Waals surface area contributed by atoms with Crippen molar-refractivity contribution >= 4 is 22.6 Å². The summed E-state index contributed by atoms with van der Waals surface area (Å²) in [6.07, 6.45) is 0. The molecule has 3 aromatic rings. The smallest absolute Gasteiger partial charge is 0.387 e. The van der Waals surface area contributed by atoms with Gasteiger partial charge >= 0.3 is 12.3 Å². The summed E-state index contributed by atoms with van der Waals surface area (Å²) < 4.78 is 37.1. The van der Waals surface area contributed by atoms with Crippen LogP contribution in [0.1, 0.15) is 0 Å². The molecular formula is C18H17F2N3O4. The van der Waals surface area contributed by atoms with Crippen LogP contribution in [0.15, 0.2) is 47.3 Å². The molecule has 0 bridgehead atoms. The van der Waals surface area contributed by atoms with E-state index >= 15 is 0 Å². The number of nitrogens with one attached hydrogen (secondary N) is 1. The molecule has 7 nitrogen and oxygen atoms in total. The maximum absolute atomic E-state index is 12.5. The lowest BCUT2D eigenvalue weighted by atomic mass is 10.2. The van der Waals surface area contributed by atoms with Gasteiger partial charge in [0.2, 0.25) is 5.91 Å². The zero-order valence-electron chi connectivity index (χ0n) is 14.6. The maximum Gasteiger partial charge on any atom is 0.387 e. The minimum atomic E-state index is -3.03. The molecule has 1 N–H and O–H groups in total. The predicted octanol–water partition coefficient (Wildman–Crippen LogP) is 2.59. The van der Waals surface area contributed by atoms with Crippen molar-refractivity contribution in [3.63, 3.8) is 0 Å². The van der Waals surface area contributed by atoms with Gasteiger partial charge in [-0.25, -0.2) is 4.79 Å². The molecule has 0 atom stereocenters. The lowest BCUT2D eigenvalue weighted by Crippen LogP contribution is -2.28. The Balaban J connectivity index is 1.83. The number of hydrogen-bond donors (Lipinski definition) is 1. The van der Waals surface area contributed by atoms with E-state index in [-0.39, 0.29) is 29.4 Å². The van der Waals surface area contributed by atoms with E-state index in [0.717, 1.165) is 0 Å². The summed E-state index contributed by atoms with van der Waals surface area (Å²) in [6, 6.07) is 11.2. The number of fused-ring (bicyclic) bond motifs is 1. The molecule has 0 aliphatic heterocycles. The average molecular weight is 377 g/mol. The van der Waals surface area contributed by atoms with E-state index in [2.05, 4.69) is 10.1 Å². The first kappa shape index (κ1) is 18.4. The number of benzene rings is 2. The van der Waals surface area contributed by atoms with Crippen molar-refractivity contribution in [2.45, 2.75) is 13.2 Å². The topological polar surface area (TPSA) is 74.5 Å². The second-order valence-electron chi connectivity index (χ2n) is 5.71. The Hall–Kier alpha value is -3.36. The Kier molecular flexibility index (Phi) is 5.11. The molecule has 0 unspecified atom stereocenters. The molecule has 0 aliphatic rings. The molecule has 9 heteroatoms. The average Bonchev–Trinajstić information content (AvgIpc) is 2.87. The minimum Gasteiger partial charge on any atom is -0.493 e. The van der Waals surface area contributed by atoms with Crippen LogP contribution in [-0.4, -0.2) is 28.8 Å². The lowest BCUT2D eigenvalue weighted by molar-refractivity contribution is -0.116. The van der Waals surface area contributed by atoms with E-state index in [1.807, 2.05) is 0 Å². The number of para-hydroxylation sites is 2. The second kappa shape index (κ2) is 7.48. The van der Waals surface area contributed by atoms with E-state index in [1.165, 1.54) is 34.4 Å². The van der Waals surface area contributed by atoms with Gasteiger partial charge in [-0.3, -0.25) is 13.9 Å². The minimum absolute atomic E-state index is 0.110. The van der Waals surface area contributed by atoms with Crippen LogP contribution in [0.2, 0.25) is 0 Å². The zero-order chi connectivity index (χ0) is 19.6. The first-order valence-electron chi connectivity index (χ1n) is 7.97. The standard InChI is InChI=1S/C18H17F2N3O4/c1-22-12-5-3-4-6-13(12)23(18(22)25)10-16(24)21-11-7-8-14(26-2)15(9-11)27-17(19)20/h3-9,17H,10H2,1-2H3,(H,21,24). The van der Waals surface area contributed by atoms with Gasteiger partial charge in [0.15, 0.2) is 11.5 Å². The molecule has 1 heterocycles. The number of anilines is 1. The first-order valence-corrected chi connectivity index (χ1v) is 7.97. The molecule has 0 radical (unpaired) electrons. The Labute approximate surface area is 152 Å². The Morgan fingerprint density at radius 2 is 1.85 bits per heavy atom. The first-order chi connectivity index (χ1) is 12.9. The molecular weight excluding hydrogens is 360 g/mol. The highest BCUT2D eigenvalue weighted by molar-refractivity contribution is 5.92. The number of imidazole rings is 1. The van der Waals surface area contributed by atoms with Gasteiger partial charge in [-0.15, -0.1) is 0 Å². The molecule has 0 aliphatic carbocycles. The van der Waals surface area contributed by atoms with E-state index in [9.17, 15) is 18.4 Å². The maximum atomic E-state index is 12.5. The highest BCUT2D eigenvalue weighted by Crippen LogP contribution is 2.31. The zero-order valence-corrected chi connectivity index (χ0v) is 14.6. The number of halogens is 2. The van der Waals surface area contributed by atoms with Crippen LogP contribution < -0.4 is 20.5 Å². The van der Waals surface area contributed by atoms with Crippen LogP contribution >= 0.6 is 0 Å². The molecule has 1 amide bonds. The van der Waals surface area contributed by atoms with Crippen molar-refractivity contribution < 1.29 is 23.0 Å². The number of aryl methyl sites for hydroxylation is 1. The number of rotatable bonds is 6. The molecule has 142 valence electrons. The molecule has 0 fully saturated rings. The fraction of sp³-hybridized carbons (Fsp3) is 0.222. The number of carbonyl (C=O) groups is 1. The number of aromatic nitrogens is 2. The SMILES string of the molecule is COc1ccc(NC(=O)Cn2c(=O)n(C)c3ccccc32)cc1OC(F)F. The molecule has 1 aromatic heterocycles. The van der Waals surface area contributed by atoms with Crippen molar-refractivity contribution in [2.24, 2.45) is 7.05 Å². The Bertz CT molecular complexity index is 1040. The number of hydrogen-bond acceptors (Lipinski definition) is 4. The fourth-order valence-electron chi connectivity index (χ4n) is 2.80. The van der Waals surface area contributed by atoms with Gasteiger partial charge in [-0.1, -0.05) is 12.1 Å². The molecule has 3 rings (SSSR count). The summed E-state index contributed by atoms with van der Waals surface area (Å²) in [4.78, 5) is 24.7. The monoisotopic (exact) mass is 377 g/mol. The largest absolute Gasteiger partial charge is 0.493 e. The quantitative estimate of drug-likeness (QED) is 0.717. The van der Waals surface area contributed by atoms with Gasteiger partial charge in [0.1, 0.15) is 6.54 Å². The summed E-state index contributed by atoms with van der Waals surface area (Å²) in [7, 11) is 2.94. The summed E-state index contributed by atoms with van der Waals surface area (Å²) in [5, 5.41) is 2.57. The normalized spacial score (nSPS) is 11.0. The number of carbonyl (C=O) groups excluding carboxylic acids is 1. The van der Waals surface area contributed by atoms with Crippen molar-refractivity contribution in [1.82, 2.24) is 9.13 Å². The molecule has 2 aromatic carbocycles. The van der Waals surface area contributed by atoms with Crippen molar-refractivity contribution in [3.05, 3.63) is 52.9 Å². The van der Waals surface area contributed by atoms with Crippen LogP contribution in [0.3, 0.4) is 0 Å². The molecule has 0 saturated carbocycles. The third-order valence-corrected chi connectivity index (χ3v) is 4.02. The van der Waals surface area contributed by atoms with Crippen LogP contribution in [0.4, 0.5) is 14.5 Å². The van der Waals surface area contributed by atoms with E-state index in [1.54, 1.807) is 31.3 Å². The number of nitrogens with zero attached hydrogens (tertiary/aromatic N) is 2. The summed E-state index contributed by atoms with van der Waals surface area (Å²) in [6.45, 7) is -3.25.